The van der Waals surface area contributed by atoms with Crippen LogP contribution in [0.15, 0.2) is 83.0 Å². The molecule has 0 spiro atoms. The highest BCUT2D eigenvalue weighted by Crippen LogP contribution is 2.39. The Labute approximate surface area is 206 Å². The van der Waals surface area contributed by atoms with E-state index in [4.69, 9.17) is 28.3 Å². The van der Waals surface area contributed by atoms with Crippen LogP contribution in [-0.4, -0.2) is 15.3 Å². The minimum absolute atomic E-state index is 0.308. The first-order valence-corrected chi connectivity index (χ1v) is 11.4. The summed E-state index contributed by atoms with van der Waals surface area (Å²) in [5, 5.41) is 8.73. The van der Waals surface area contributed by atoms with E-state index in [-0.39, 0.29) is 11.9 Å². The molecule has 1 aliphatic rings. The van der Waals surface area contributed by atoms with Crippen LogP contribution >= 0.6 is 23.8 Å². The van der Waals surface area contributed by atoms with Crippen molar-refractivity contribution in [2.45, 2.75) is 19.9 Å². The highest BCUT2D eigenvalue weighted by molar-refractivity contribution is 7.80. The van der Waals surface area contributed by atoms with Crippen molar-refractivity contribution < 1.29 is 8.91 Å². The molecule has 1 aromatic heterocycles. The quantitative estimate of drug-likeness (QED) is 0.321. The molecule has 0 saturated carbocycles. The van der Waals surface area contributed by atoms with Gasteiger partial charge in [-0.2, -0.15) is 4.98 Å². The number of hydrogen-bond acceptors (Lipinski definition) is 4. The van der Waals surface area contributed by atoms with Gasteiger partial charge in [-0.25, -0.2) is 4.39 Å². The second-order valence-corrected chi connectivity index (χ2v) is 8.86. The maximum Gasteiger partial charge on any atom is 0.258 e. The van der Waals surface area contributed by atoms with Crippen LogP contribution in [0, 0.1) is 12.7 Å². The average Bonchev–Trinajstić information content (AvgIpc) is 3.30. The van der Waals surface area contributed by atoms with Crippen LogP contribution in [0.1, 0.15) is 30.0 Å². The van der Waals surface area contributed by atoms with Gasteiger partial charge in [0.15, 0.2) is 5.11 Å². The van der Waals surface area contributed by atoms with Crippen LogP contribution in [-0.2, 0) is 0 Å². The second-order valence-electron chi connectivity index (χ2n) is 8.04. The lowest BCUT2D eigenvalue weighted by Crippen LogP contribution is -2.46. The van der Waals surface area contributed by atoms with E-state index in [9.17, 15) is 4.39 Å². The molecule has 2 heterocycles. The summed E-state index contributed by atoms with van der Waals surface area (Å²) in [4.78, 5) is 6.54. The maximum atomic E-state index is 13.8. The van der Waals surface area contributed by atoms with E-state index in [0.29, 0.717) is 27.4 Å². The smallest absolute Gasteiger partial charge is 0.258 e. The molecule has 0 saturated heterocycles. The monoisotopic (exact) mass is 490 g/mol. The molecule has 4 aromatic rings. The predicted octanol–water partition coefficient (Wildman–Crippen LogP) is 6.70. The Kier molecular flexibility index (Phi) is 5.89. The van der Waals surface area contributed by atoms with Crippen LogP contribution in [0.3, 0.4) is 0 Å². The molecule has 5 rings (SSSR count). The minimum Gasteiger partial charge on any atom is -0.351 e. The Morgan fingerprint density at radius 2 is 1.76 bits per heavy atom. The number of hydrogen-bond donors (Lipinski definition) is 1. The lowest BCUT2D eigenvalue weighted by Gasteiger charge is -2.37. The summed E-state index contributed by atoms with van der Waals surface area (Å²) in [7, 11) is 0. The molecule has 3 aromatic carbocycles. The van der Waals surface area contributed by atoms with E-state index >= 15 is 0 Å². The molecule has 1 aliphatic heterocycles. The average molecular weight is 491 g/mol. The number of thiocarbonyl (C=S) groups is 1. The van der Waals surface area contributed by atoms with E-state index in [0.717, 1.165) is 28.1 Å². The molecule has 0 bridgehead atoms. The predicted molar refractivity (Wildman–Crippen MR) is 136 cm³/mol. The molecule has 1 N–H and O–H groups in total. The van der Waals surface area contributed by atoms with Gasteiger partial charge in [-0.05, 0) is 68.0 Å². The van der Waals surface area contributed by atoms with E-state index in [2.05, 4.69) is 15.5 Å². The number of allylic oxidation sites excluding steroid dienone is 1. The Morgan fingerprint density at radius 3 is 2.47 bits per heavy atom. The lowest BCUT2D eigenvalue weighted by molar-refractivity contribution is 0.404. The van der Waals surface area contributed by atoms with Crippen LogP contribution in [0.25, 0.3) is 17.0 Å². The number of anilines is 1. The molecular weight excluding hydrogens is 471 g/mol. The zero-order chi connectivity index (χ0) is 23.8. The summed E-state index contributed by atoms with van der Waals surface area (Å²) in [6.07, 6.45) is 0. The standard InChI is InChI=1S/C26H20ClFN4OS/c1-15-6-8-17(9-7-15)23-22(25-30-24(31-33-25)18-4-3-5-20(28)14-18)16(2)32(26(34)29-23)21-12-10-19(27)11-13-21/h3-14,23H,1-2H3,(H,29,34). The van der Waals surface area contributed by atoms with Gasteiger partial charge in [-0.3, -0.25) is 4.90 Å². The summed E-state index contributed by atoms with van der Waals surface area (Å²) in [6, 6.07) is 21.4. The molecule has 0 amide bonds. The Balaban J connectivity index is 1.65. The Morgan fingerprint density at radius 1 is 1.03 bits per heavy atom. The van der Waals surface area contributed by atoms with Gasteiger partial charge < -0.3 is 9.84 Å². The fraction of sp³-hybridized carbons (Fsp3) is 0.115. The number of aryl methyl sites for hydroxylation is 1. The SMILES string of the molecule is CC1=C(c2nc(-c3cccc(F)c3)no2)C(c2ccc(C)cc2)NC(=S)N1c1ccc(Cl)cc1. The van der Waals surface area contributed by atoms with Crippen molar-refractivity contribution >= 4 is 40.2 Å². The number of halogens is 2. The zero-order valence-corrected chi connectivity index (χ0v) is 20.0. The maximum absolute atomic E-state index is 13.8. The Bertz CT molecular complexity index is 1400. The third kappa shape index (κ3) is 4.20. The summed E-state index contributed by atoms with van der Waals surface area (Å²) in [5.74, 6) is 0.273. The second kappa shape index (κ2) is 9.00. The normalized spacial score (nSPS) is 16.1. The van der Waals surface area contributed by atoms with Crippen molar-refractivity contribution in [3.05, 3.63) is 106 Å². The first-order valence-electron chi connectivity index (χ1n) is 10.6. The van der Waals surface area contributed by atoms with Gasteiger partial charge in [0.05, 0.1) is 11.6 Å². The van der Waals surface area contributed by atoms with Gasteiger partial charge >= 0.3 is 0 Å². The van der Waals surface area contributed by atoms with Crippen molar-refractivity contribution in [2.24, 2.45) is 0 Å². The molecule has 1 unspecified atom stereocenters. The van der Waals surface area contributed by atoms with E-state index in [1.54, 1.807) is 12.1 Å². The van der Waals surface area contributed by atoms with Crippen LogP contribution in [0.4, 0.5) is 10.1 Å². The summed E-state index contributed by atoms with van der Waals surface area (Å²) < 4.78 is 19.5. The number of nitrogens with zero attached hydrogens (tertiary/aromatic N) is 3. The fourth-order valence-corrected chi connectivity index (χ4v) is 4.49. The molecule has 34 heavy (non-hydrogen) atoms. The van der Waals surface area contributed by atoms with Gasteiger partial charge in [0, 0.05) is 22.0 Å². The van der Waals surface area contributed by atoms with Crippen molar-refractivity contribution in [1.82, 2.24) is 15.5 Å². The molecule has 0 aliphatic carbocycles. The van der Waals surface area contributed by atoms with Crippen molar-refractivity contribution in [1.29, 1.82) is 0 Å². The van der Waals surface area contributed by atoms with E-state index in [1.165, 1.54) is 12.1 Å². The van der Waals surface area contributed by atoms with Gasteiger partial charge in [-0.15, -0.1) is 0 Å². The van der Waals surface area contributed by atoms with Crippen molar-refractivity contribution in [3.63, 3.8) is 0 Å². The lowest BCUT2D eigenvalue weighted by atomic mass is 9.94. The minimum atomic E-state index is -0.365. The first-order chi connectivity index (χ1) is 16.4. The first kappa shape index (κ1) is 22.3. The molecule has 5 nitrogen and oxygen atoms in total. The number of aromatic nitrogens is 2. The van der Waals surface area contributed by atoms with Gasteiger partial charge in [-0.1, -0.05) is 58.7 Å². The largest absolute Gasteiger partial charge is 0.351 e. The van der Waals surface area contributed by atoms with Crippen LogP contribution in [0.2, 0.25) is 5.02 Å². The van der Waals surface area contributed by atoms with Crippen LogP contribution in [0.5, 0.6) is 0 Å². The van der Waals surface area contributed by atoms with Crippen molar-refractivity contribution in [2.75, 3.05) is 4.90 Å². The number of benzene rings is 3. The van der Waals surface area contributed by atoms with Gasteiger partial charge in [0.25, 0.3) is 5.89 Å². The van der Waals surface area contributed by atoms with E-state index in [1.807, 2.05) is 67.3 Å². The molecule has 8 heteroatoms. The van der Waals surface area contributed by atoms with Crippen molar-refractivity contribution in [3.8, 4) is 11.4 Å². The third-order valence-corrected chi connectivity index (χ3v) is 6.27. The number of rotatable bonds is 4. The summed E-state index contributed by atoms with van der Waals surface area (Å²) >= 11 is 11.9. The molecule has 1 atom stereocenters. The Hall–Kier alpha value is -3.55. The highest BCUT2D eigenvalue weighted by Gasteiger charge is 2.34. The number of nitrogens with one attached hydrogen (secondary N) is 1. The molecular formula is C26H20ClFN4OS. The zero-order valence-electron chi connectivity index (χ0n) is 18.4. The summed E-state index contributed by atoms with van der Waals surface area (Å²) in [5.41, 5.74) is 5.16. The van der Waals surface area contributed by atoms with Crippen LogP contribution < -0.4 is 10.2 Å². The third-order valence-electron chi connectivity index (χ3n) is 5.72. The molecule has 0 radical (unpaired) electrons. The fourth-order valence-electron chi connectivity index (χ4n) is 4.01. The van der Waals surface area contributed by atoms with Gasteiger partial charge in [0.2, 0.25) is 5.82 Å². The summed E-state index contributed by atoms with van der Waals surface area (Å²) in [6.45, 7) is 4.00. The highest BCUT2D eigenvalue weighted by atomic mass is 35.5. The molecule has 170 valence electrons. The molecule has 0 fully saturated rings. The van der Waals surface area contributed by atoms with Gasteiger partial charge in [0.1, 0.15) is 5.82 Å². The van der Waals surface area contributed by atoms with E-state index < -0.39 is 0 Å². The topological polar surface area (TPSA) is 54.2 Å².